The van der Waals surface area contributed by atoms with Gasteiger partial charge in [0.05, 0.1) is 12.9 Å². The lowest BCUT2D eigenvalue weighted by atomic mass is 10.0. The Balaban J connectivity index is 1.91. The van der Waals surface area contributed by atoms with Crippen LogP contribution in [0.4, 0.5) is 0 Å². The normalized spacial score (nSPS) is 13.2. The Morgan fingerprint density at radius 1 is 1.39 bits per heavy atom. The quantitative estimate of drug-likeness (QED) is 0.797. The molecular weight excluding hydrogens is 252 g/mol. The number of halogens is 1. The van der Waals surface area contributed by atoms with Gasteiger partial charge in [0, 0.05) is 23.4 Å². The fourth-order valence-corrected chi connectivity index (χ4v) is 2.44. The van der Waals surface area contributed by atoms with Gasteiger partial charge in [-0.25, -0.2) is 0 Å². The summed E-state index contributed by atoms with van der Waals surface area (Å²) in [7, 11) is 0. The Morgan fingerprint density at radius 2 is 2.28 bits per heavy atom. The van der Waals surface area contributed by atoms with Crippen molar-refractivity contribution in [3.63, 3.8) is 0 Å². The molecule has 1 aliphatic heterocycles. The van der Waals surface area contributed by atoms with Crippen LogP contribution >= 0.6 is 11.6 Å². The topological polar surface area (TPSA) is 39.4 Å². The number of furan rings is 1. The average molecular weight is 263 g/mol. The van der Waals surface area contributed by atoms with E-state index in [9.17, 15) is 4.79 Å². The Hall–Kier alpha value is -1.74. The van der Waals surface area contributed by atoms with Crippen molar-refractivity contribution in [3.05, 3.63) is 52.4 Å². The molecule has 0 saturated heterocycles. The van der Waals surface area contributed by atoms with Crippen molar-refractivity contribution in [2.24, 2.45) is 0 Å². The van der Waals surface area contributed by atoms with Gasteiger partial charge in [-0.05, 0) is 29.8 Å². The van der Waals surface area contributed by atoms with Crippen molar-refractivity contribution in [2.45, 2.75) is 12.8 Å². The molecule has 3 nitrogen and oxygen atoms in total. The van der Waals surface area contributed by atoms with Gasteiger partial charge in [-0.15, -0.1) is 0 Å². The first kappa shape index (κ1) is 11.4. The highest BCUT2D eigenvalue weighted by molar-refractivity contribution is 6.30. The molecule has 0 radical (unpaired) electrons. The molecule has 0 aliphatic carbocycles. The van der Waals surface area contributed by atoms with Crippen molar-refractivity contribution < 1.29 is 13.9 Å². The summed E-state index contributed by atoms with van der Waals surface area (Å²) in [5, 5.41) is 0.640. The van der Waals surface area contributed by atoms with E-state index in [0.717, 1.165) is 23.3 Å². The lowest BCUT2D eigenvalue weighted by molar-refractivity contribution is 0.0965. The predicted octanol–water partition coefficient (Wildman–Crippen LogP) is 3.29. The van der Waals surface area contributed by atoms with Crippen molar-refractivity contribution in [3.8, 4) is 5.75 Å². The van der Waals surface area contributed by atoms with Gasteiger partial charge in [0.1, 0.15) is 5.75 Å². The van der Waals surface area contributed by atoms with E-state index in [4.69, 9.17) is 20.8 Å². The molecule has 0 saturated carbocycles. The molecule has 0 unspecified atom stereocenters. The minimum absolute atomic E-state index is 0.0695. The number of ether oxygens (including phenoxy) is 1. The summed E-state index contributed by atoms with van der Waals surface area (Å²) < 4.78 is 10.7. The van der Waals surface area contributed by atoms with Crippen LogP contribution in [0.25, 0.3) is 0 Å². The number of hydrogen-bond acceptors (Lipinski definition) is 3. The highest BCUT2D eigenvalue weighted by Gasteiger charge is 2.20. The van der Waals surface area contributed by atoms with Gasteiger partial charge in [-0.3, -0.25) is 4.79 Å². The van der Waals surface area contributed by atoms with Gasteiger partial charge in [0.25, 0.3) is 0 Å². The van der Waals surface area contributed by atoms with Crippen molar-refractivity contribution >= 4 is 17.4 Å². The standard InChI is InChI=1S/C14H11ClO3/c15-11-6-9-3-5-18-14(9)10(7-11)8-12(16)13-2-1-4-17-13/h1-2,4,6-7H,3,5,8H2. The molecule has 1 aromatic heterocycles. The summed E-state index contributed by atoms with van der Waals surface area (Å²) in [4.78, 5) is 12.0. The first-order valence-electron chi connectivity index (χ1n) is 5.75. The van der Waals surface area contributed by atoms with Gasteiger partial charge >= 0.3 is 0 Å². The Kier molecular flexibility index (Phi) is 2.84. The van der Waals surface area contributed by atoms with Crippen molar-refractivity contribution in [2.75, 3.05) is 6.61 Å². The average Bonchev–Trinajstić information content (AvgIpc) is 2.98. The molecule has 3 rings (SSSR count). The zero-order valence-corrected chi connectivity index (χ0v) is 10.4. The molecule has 0 amide bonds. The molecular formula is C14H11ClO3. The molecule has 0 bridgehead atoms. The summed E-state index contributed by atoms with van der Waals surface area (Å²) in [5.41, 5.74) is 1.90. The van der Waals surface area contributed by atoms with E-state index in [1.54, 1.807) is 18.2 Å². The number of fused-ring (bicyclic) bond motifs is 1. The Bertz CT molecular complexity index is 587. The highest BCUT2D eigenvalue weighted by atomic mass is 35.5. The highest BCUT2D eigenvalue weighted by Crippen LogP contribution is 2.33. The minimum atomic E-state index is -0.0695. The number of carbonyl (C=O) groups excluding carboxylic acids is 1. The van der Waals surface area contributed by atoms with E-state index in [2.05, 4.69) is 0 Å². The van der Waals surface area contributed by atoms with Crippen LogP contribution in [0.1, 0.15) is 21.7 Å². The van der Waals surface area contributed by atoms with E-state index in [0.29, 0.717) is 17.4 Å². The number of Topliss-reactive ketones (excluding diaryl/α,β-unsaturated/α-hetero) is 1. The van der Waals surface area contributed by atoms with Crippen LogP contribution in [-0.4, -0.2) is 12.4 Å². The molecule has 0 N–H and O–H groups in total. The van der Waals surface area contributed by atoms with Crippen molar-refractivity contribution in [1.29, 1.82) is 0 Å². The van der Waals surface area contributed by atoms with Crippen LogP contribution in [0.5, 0.6) is 5.75 Å². The molecule has 2 aromatic rings. The minimum Gasteiger partial charge on any atom is -0.493 e. The smallest absolute Gasteiger partial charge is 0.202 e. The number of rotatable bonds is 3. The van der Waals surface area contributed by atoms with Crippen LogP contribution in [0, 0.1) is 0 Å². The third-order valence-corrected chi connectivity index (χ3v) is 3.19. The van der Waals surface area contributed by atoms with Crippen molar-refractivity contribution in [1.82, 2.24) is 0 Å². The SMILES string of the molecule is O=C(Cc1cc(Cl)cc2c1OCC2)c1ccco1. The van der Waals surface area contributed by atoms with Gasteiger partial charge in [0.15, 0.2) is 5.76 Å². The summed E-state index contributed by atoms with van der Waals surface area (Å²) >= 11 is 6.05. The second-order valence-corrected chi connectivity index (χ2v) is 4.67. The molecule has 18 heavy (non-hydrogen) atoms. The molecule has 2 heterocycles. The van der Waals surface area contributed by atoms with E-state index in [1.165, 1.54) is 6.26 Å². The van der Waals surface area contributed by atoms with E-state index < -0.39 is 0 Å². The maximum absolute atomic E-state index is 12.0. The molecule has 0 fully saturated rings. The first-order valence-corrected chi connectivity index (χ1v) is 6.12. The van der Waals surface area contributed by atoms with E-state index in [-0.39, 0.29) is 12.2 Å². The fraction of sp³-hybridized carbons (Fsp3) is 0.214. The second kappa shape index (κ2) is 4.50. The zero-order valence-electron chi connectivity index (χ0n) is 9.61. The Morgan fingerprint density at radius 3 is 3.06 bits per heavy atom. The Labute approximate surface area is 109 Å². The second-order valence-electron chi connectivity index (χ2n) is 4.23. The summed E-state index contributed by atoms with van der Waals surface area (Å²) in [6.07, 6.45) is 2.58. The molecule has 1 aromatic carbocycles. The van der Waals surface area contributed by atoms with E-state index >= 15 is 0 Å². The van der Waals surface area contributed by atoms with Crippen LogP contribution in [0.3, 0.4) is 0 Å². The molecule has 0 spiro atoms. The summed E-state index contributed by atoms with van der Waals surface area (Å²) in [5.74, 6) is 1.10. The lowest BCUT2D eigenvalue weighted by Gasteiger charge is -2.07. The molecule has 92 valence electrons. The van der Waals surface area contributed by atoms with Crippen LogP contribution in [0.15, 0.2) is 34.9 Å². The maximum Gasteiger partial charge on any atom is 0.202 e. The number of hydrogen-bond donors (Lipinski definition) is 0. The lowest BCUT2D eigenvalue weighted by Crippen LogP contribution is -2.03. The van der Waals surface area contributed by atoms with Crippen LogP contribution in [0.2, 0.25) is 5.02 Å². The number of ketones is 1. The third-order valence-electron chi connectivity index (χ3n) is 2.97. The van der Waals surface area contributed by atoms with Gasteiger partial charge in [-0.2, -0.15) is 0 Å². The van der Waals surface area contributed by atoms with Crippen LogP contribution < -0.4 is 4.74 Å². The molecule has 4 heteroatoms. The zero-order chi connectivity index (χ0) is 12.5. The fourth-order valence-electron chi connectivity index (χ4n) is 2.17. The number of benzene rings is 1. The number of carbonyl (C=O) groups is 1. The predicted molar refractivity (Wildman–Crippen MR) is 67.4 cm³/mol. The monoisotopic (exact) mass is 262 g/mol. The molecule has 0 atom stereocenters. The summed E-state index contributed by atoms with van der Waals surface area (Å²) in [6.45, 7) is 0.650. The van der Waals surface area contributed by atoms with Crippen LogP contribution in [-0.2, 0) is 12.8 Å². The maximum atomic E-state index is 12.0. The largest absolute Gasteiger partial charge is 0.493 e. The van der Waals surface area contributed by atoms with Gasteiger partial charge in [0.2, 0.25) is 5.78 Å². The van der Waals surface area contributed by atoms with Gasteiger partial charge in [-0.1, -0.05) is 11.6 Å². The summed E-state index contributed by atoms with van der Waals surface area (Å²) in [6, 6.07) is 7.04. The third kappa shape index (κ3) is 2.02. The molecule has 1 aliphatic rings. The van der Waals surface area contributed by atoms with E-state index in [1.807, 2.05) is 6.07 Å². The first-order chi connectivity index (χ1) is 8.74. The van der Waals surface area contributed by atoms with Gasteiger partial charge < -0.3 is 9.15 Å².